The van der Waals surface area contributed by atoms with E-state index in [1.807, 2.05) is 38.1 Å². The third-order valence-electron chi connectivity index (χ3n) is 4.05. The van der Waals surface area contributed by atoms with Gasteiger partial charge in [-0.05, 0) is 49.2 Å². The molecule has 4 nitrogen and oxygen atoms in total. The zero-order chi connectivity index (χ0) is 18.7. The van der Waals surface area contributed by atoms with Crippen molar-refractivity contribution in [2.45, 2.75) is 29.4 Å². The number of aryl methyl sites for hydroxylation is 2. The summed E-state index contributed by atoms with van der Waals surface area (Å²) in [6.45, 7) is 3.92. The van der Waals surface area contributed by atoms with Gasteiger partial charge in [0.05, 0.1) is 9.77 Å². The molecule has 0 aliphatic carbocycles. The molecule has 1 aromatic heterocycles. The minimum absolute atomic E-state index is 0.162. The van der Waals surface area contributed by atoms with E-state index in [0.717, 1.165) is 34.6 Å². The topological polar surface area (TPSA) is 63.2 Å². The number of para-hydroxylation sites is 1. The quantitative estimate of drug-likeness (QED) is 0.692. The van der Waals surface area contributed by atoms with Crippen molar-refractivity contribution in [1.82, 2.24) is 0 Å². The summed E-state index contributed by atoms with van der Waals surface area (Å²) in [5, 5.41) is 2.87. The number of hydrogen-bond donors (Lipinski definition) is 1. The standard InChI is InChI=1S/C20H19NO3S2/c1-3-15-6-4-5-7-17(15)21-20(22)18-12-13-19(25-18)26(23,24)16-10-8-14(2)9-11-16/h4-13H,3H2,1-2H3,(H,21,22). The van der Waals surface area contributed by atoms with Crippen molar-refractivity contribution in [3.8, 4) is 0 Å². The SMILES string of the molecule is CCc1ccccc1NC(=O)c1ccc(S(=O)(=O)c2ccc(C)cc2)s1. The molecular weight excluding hydrogens is 366 g/mol. The van der Waals surface area contributed by atoms with E-state index in [1.165, 1.54) is 6.07 Å². The summed E-state index contributed by atoms with van der Waals surface area (Å²) in [6, 6.07) is 17.3. The van der Waals surface area contributed by atoms with Crippen LogP contribution in [0.5, 0.6) is 0 Å². The molecule has 0 bridgehead atoms. The van der Waals surface area contributed by atoms with Gasteiger partial charge in [0, 0.05) is 5.69 Å². The Balaban J connectivity index is 1.85. The maximum Gasteiger partial charge on any atom is 0.265 e. The van der Waals surface area contributed by atoms with Crippen LogP contribution >= 0.6 is 11.3 Å². The van der Waals surface area contributed by atoms with Gasteiger partial charge >= 0.3 is 0 Å². The van der Waals surface area contributed by atoms with Gasteiger partial charge in [0.15, 0.2) is 0 Å². The molecule has 0 spiro atoms. The minimum atomic E-state index is -3.62. The van der Waals surface area contributed by atoms with Gasteiger partial charge in [-0.3, -0.25) is 4.79 Å². The summed E-state index contributed by atoms with van der Waals surface area (Å²) in [6.07, 6.45) is 0.800. The van der Waals surface area contributed by atoms with Crippen LogP contribution in [0.1, 0.15) is 27.7 Å². The predicted octanol–water partition coefficient (Wildman–Crippen LogP) is 4.70. The molecule has 0 aliphatic rings. The molecule has 1 heterocycles. The van der Waals surface area contributed by atoms with E-state index < -0.39 is 9.84 Å². The third-order valence-corrected chi connectivity index (χ3v) is 7.39. The number of carbonyl (C=O) groups excluding carboxylic acids is 1. The van der Waals surface area contributed by atoms with Crippen LogP contribution in [0.15, 0.2) is 69.8 Å². The largest absolute Gasteiger partial charge is 0.321 e. The van der Waals surface area contributed by atoms with Crippen LogP contribution in [0.2, 0.25) is 0 Å². The Morgan fingerprint density at radius 2 is 1.69 bits per heavy atom. The lowest BCUT2D eigenvalue weighted by Crippen LogP contribution is -2.11. The number of anilines is 1. The summed E-state index contributed by atoms with van der Waals surface area (Å²) in [5.74, 6) is -0.304. The van der Waals surface area contributed by atoms with Gasteiger partial charge in [0.1, 0.15) is 4.21 Å². The first-order chi connectivity index (χ1) is 12.4. The smallest absolute Gasteiger partial charge is 0.265 e. The van der Waals surface area contributed by atoms with Crippen molar-refractivity contribution in [3.63, 3.8) is 0 Å². The highest BCUT2D eigenvalue weighted by Gasteiger charge is 2.21. The number of rotatable bonds is 5. The molecule has 0 aliphatic heterocycles. The Morgan fingerprint density at radius 1 is 1.00 bits per heavy atom. The molecule has 0 fully saturated rings. The lowest BCUT2D eigenvalue weighted by molar-refractivity contribution is 0.103. The van der Waals surface area contributed by atoms with Gasteiger partial charge in [-0.15, -0.1) is 11.3 Å². The van der Waals surface area contributed by atoms with Gasteiger partial charge in [-0.1, -0.05) is 42.8 Å². The van der Waals surface area contributed by atoms with Crippen molar-refractivity contribution in [2.24, 2.45) is 0 Å². The molecule has 1 amide bonds. The Labute approximate surface area is 157 Å². The fourth-order valence-electron chi connectivity index (χ4n) is 2.55. The number of amides is 1. The molecule has 1 N–H and O–H groups in total. The summed E-state index contributed by atoms with van der Waals surface area (Å²) >= 11 is 0.980. The Hall–Kier alpha value is -2.44. The maximum atomic E-state index is 12.7. The van der Waals surface area contributed by atoms with Crippen molar-refractivity contribution in [1.29, 1.82) is 0 Å². The zero-order valence-electron chi connectivity index (χ0n) is 14.5. The molecule has 0 unspecified atom stereocenters. The molecule has 0 saturated carbocycles. The fourth-order valence-corrected chi connectivity index (χ4v) is 5.16. The number of hydrogen-bond acceptors (Lipinski definition) is 4. The average molecular weight is 386 g/mol. The van der Waals surface area contributed by atoms with Crippen LogP contribution in [0, 0.1) is 6.92 Å². The lowest BCUT2D eigenvalue weighted by Gasteiger charge is -2.08. The van der Waals surface area contributed by atoms with Gasteiger partial charge in [0.25, 0.3) is 5.91 Å². The molecule has 134 valence electrons. The zero-order valence-corrected chi connectivity index (χ0v) is 16.2. The molecule has 6 heteroatoms. The van der Waals surface area contributed by atoms with E-state index in [0.29, 0.717) is 4.88 Å². The molecule has 3 rings (SSSR count). The predicted molar refractivity (Wildman–Crippen MR) is 105 cm³/mol. The van der Waals surface area contributed by atoms with Crippen LogP contribution in [0.3, 0.4) is 0 Å². The van der Waals surface area contributed by atoms with Crippen LogP contribution < -0.4 is 5.32 Å². The first kappa shape index (κ1) is 18.4. The highest BCUT2D eigenvalue weighted by atomic mass is 32.2. The molecule has 0 saturated heterocycles. The second kappa shape index (κ2) is 7.43. The summed E-state index contributed by atoms with van der Waals surface area (Å²) in [4.78, 5) is 13.1. The summed E-state index contributed by atoms with van der Waals surface area (Å²) in [7, 11) is -3.62. The molecular formula is C20H19NO3S2. The Kier molecular flexibility index (Phi) is 5.25. The highest BCUT2D eigenvalue weighted by molar-refractivity contribution is 7.93. The molecule has 3 aromatic rings. The Bertz CT molecular complexity index is 1030. The van der Waals surface area contributed by atoms with Gasteiger partial charge in [-0.25, -0.2) is 8.42 Å². The summed E-state index contributed by atoms with van der Waals surface area (Å²) in [5.41, 5.74) is 2.77. The van der Waals surface area contributed by atoms with Crippen molar-refractivity contribution in [2.75, 3.05) is 5.32 Å². The van der Waals surface area contributed by atoms with Crippen LogP contribution in [-0.4, -0.2) is 14.3 Å². The number of thiophene rings is 1. The lowest BCUT2D eigenvalue weighted by atomic mass is 10.1. The number of carbonyl (C=O) groups is 1. The number of sulfone groups is 1. The maximum absolute atomic E-state index is 12.7. The summed E-state index contributed by atoms with van der Waals surface area (Å²) < 4.78 is 25.6. The normalized spacial score (nSPS) is 11.3. The van der Waals surface area contributed by atoms with Crippen molar-refractivity contribution >= 4 is 32.8 Å². The molecule has 0 radical (unpaired) electrons. The average Bonchev–Trinajstić information content (AvgIpc) is 3.14. The molecule has 0 atom stereocenters. The number of benzene rings is 2. The fraction of sp³-hybridized carbons (Fsp3) is 0.150. The van der Waals surface area contributed by atoms with Gasteiger partial charge in [0.2, 0.25) is 9.84 Å². The Morgan fingerprint density at radius 3 is 2.38 bits per heavy atom. The van der Waals surface area contributed by atoms with E-state index in [-0.39, 0.29) is 15.0 Å². The number of nitrogens with one attached hydrogen (secondary N) is 1. The van der Waals surface area contributed by atoms with Crippen LogP contribution in [0.25, 0.3) is 0 Å². The van der Waals surface area contributed by atoms with E-state index >= 15 is 0 Å². The van der Waals surface area contributed by atoms with Gasteiger partial charge < -0.3 is 5.32 Å². The van der Waals surface area contributed by atoms with Crippen molar-refractivity contribution in [3.05, 3.63) is 76.7 Å². The molecule has 26 heavy (non-hydrogen) atoms. The van der Waals surface area contributed by atoms with E-state index in [1.54, 1.807) is 30.3 Å². The van der Waals surface area contributed by atoms with E-state index in [9.17, 15) is 13.2 Å². The first-order valence-corrected chi connectivity index (χ1v) is 10.5. The van der Waals surface area contributed by atoms with Crippen molar-refractivity contribution < 1.29 is 13.2 Å². The highest BCUT2D eigenvalue weighted by Crippen LogP contribution is 2.29. The third kappa shape index (κ3) is 3.71. The second-order valence-electron chi connectivity index (χ2n) is 5.90. The monoisotopic (exact) mass is 385 g/mol. The second-order valence-corrected chi connectivity index (χ2v) is 9.16. The van der Waals surface area contributed by atoms with E-state index in [2.05, 4.69) is 5.32 Å². The van der Waals surface area contributed by atoms with E-state index in [4.69, 9.17) is 0 Å². The minimum Gasteiger partial charge on any atom is -0.321 e. The van der Waals surface area contributed by atoms with Crippen LogP contribution in [0.4, 0.5) is 5.69 Å². The molecule has 2 aromatic carbocycles. The van der Waals surface area contributed by atoms with Gasteiger partial charge in [-0.2, -0.15) is 0 Å². The first-order valence-electron chi connectivity index (χ1n) is 8.22. The van der Waals surface area contributed by atoms with Crippen LogP contribution in [-0.2, 0) is 16.3 Å².